The molecule has 0 aliphatic carbocycles. The normalized spacial score (nSPS) is 11.1. The number of para-hydroxylation sites is 1. The first-order valence-corrected chi connectivity index (χ1v) is 5.79. The molecule has 5 heteroatoms. The number of rotatable bonds is 3. The third-order valence-electron chi connectivity index (χ3n) is 2.57. The van der Waals surface area contributed by atoms with Crippen LogP contribution in [0.3, 0.4) is 0 Å². The molecule has 1 heterocycles. The number of nitrogens with zero attached hydrogens (tertiary/aromatic N) is 2. The molecule has 19 heavy (non-hydrogen) atoms. The molecule has 96 valence electrons. The number of pyridine rings is 1. The monoisotopic (exact) mass is 254 g/mol. The van der Waals surface area contributed by atoms with E-state index in [0.29, 0.717) is 22.7 Å². The van der Waals surface area contributed by atoms with E-state index in [1.807, 2.05) is 18.2 Å². The number of carbonyl (C=O) groups is 1. The van der Waals surface area contributed by atoms with Crippen molar-refractivity contribution < 1.29 is 4.79 Å². The Morgan fingerprint density at radius 2 is 1.95 bits per heavy atom. The Labute approximate surface area is 111 Å². The van der Waals surface area contributed by atoms with E-state index in [-0.39, 0.29) is 5.91 Å². The van der Waals surface area contributed by atoms with Crippen molar-refractivity contribution in [3.05, 3.63) is 59.9 Å². The maximum absolute atomic E-state index is 11.9. The number of hydrazone groups is 1. The van der Waals surface area contributed by atoms with Crippen LogP contribution in [0.4, 0.5) is 5.69 Å². The SMILES string of the molecule is C/C(=N\NC(=O)c1ccccc1N)c1ccccn1. The lowest BCUT2D eigenvalue weighted by molar-refractivity contribution is 0.0955. The fourth-order valence-corrected chi connectivity index (χ4v) is 1.53. The van der Waals surface area contributed by atoms with Crippen LogP contribution in [0.25, 0.3) is 0 Å². The molecule has 1 aromatic heterocycles. The molecule has 0 aliphatic rings. The minimum absolute atomic E-state index is 0.339. The molecular formula is C14H14N4O. The summed E-state index contributed by atoms with van der Waals surface area (Å²) in [6.07, 6.45) is 1.67. The zero-order valence-electron chi connectivity index (χ0n) is 10.5. The second-order valence-corrected chi connectivity index (χ2v) is 3.94. The van der Waals surface area contributed by atoms with Crippen molar-refractivity contribution >= 4 is 17.3 Å². The molecule has 2 rings (SSSR count). The van der Waals surface area contributed by atoms with Crippen LogP contribution in [0.2, 0.25) is 0 Å². The molecule has 0 saturated carbocycles. The molecule has 0 fully saturated rings. The number of nitrogen functional groups attached to an aromatic ring is 1. The Morgan fingerprint density at radius 1 is 1.21 bits per heavy atom. The first-order chi connectivity index (χ1) is 9.18. The lowest BCUT2D eigenvalue weighted by atomic mass is 10.2. The third kappa shape index (κ3) is 3.16. The predicted octanol–water partition coefficient (Wildman–Crippen LogP) is 1.82. The first-order valence-electron chi connectivity index (χ1n) is 5.79. The summed E-state index contributed by atoms with van der Waals surface area (Å²) in [7, 11) is 0. The first kappa shape index (κ1) is 12.8. The summed E-state index contributed by atoms with van der Waals surface area (Å²) < 4.78 is 0. The van der Waals surface area contributed by atoms with E-state index in [4.69, 9.17) is 5.73 Å². The molecule has 0 unspecified atom stereocenters. The molecule has 2 aromatic rings. The van der Waals surface area contributed by atoms with Crippen molar-refractivity contribution in [3.8, 4) is 0 Å². The highest BCUT2D eigenvalue weighted by Crippen LogP contribution is 2.09. The second-order valence-electron chi connectivity index (χ2n) is 3.94. The number of carbonyl (C=O) groups excluding carboxylic acids is 1. The number of aromatic nitrogens is 1. The average molecular weight is 254 g/mol. The van der Waals surface area contributed by atoms with Crippen LogP contribution in [0.5, 0.6) is 0 Å². The Bertz CT molecular complexity index is 608. The summed E-state index contributed by atoms with van der Waals surface area (Å²) in [6, 6.07) is 12.3. The zero-order chi connectivity index (χ0) is 13.7. The van der Waals surface area contributed by atoms with E-state index in [1.54, 1.807) is 37.4 Å². The Hall–Kier alpha value is -2.69. The summed E-state index contributed by atoms with van der Waals surface area (Å²) in [6.45, 7) is 1.77. The van der Waals surface area contributed by atoms with Gasteiger partial charge in [-0.05, 0) is 31.2 Å². The van der Waals surface area contributed by atoms with Crippen molar-refractivity contribution in [2.75, 3.05) is 5.73 Å². The molecular weight excluding hydrogens is 240 g/mol. The van der Waals surface area contributed by atoms with Gasteiger partial charge >= 0.3 is 0 Å². The quantitative estimate of drug-likeness (QED) is 0.498. The highest BCUT2D eigenvalue weighted by Gasteiger charge is 2.08. The van der Waals surface area contributed by atoms with Crippen molar-refractivity contribution in [1.29, 1.82) is 0 Å². The van der Waals surface area contributed by atoms with Gasteiger partial charge < -0.3 is 5.73 Å². The van der Waals surface area contributed by atoms with Crippen LogP contribution in [-0.4, -0.2) is 16.6 Å². The minimum atomic E-state index is -0.339. The van der Waals surface area contributed by atoms with E-state index in [0.717, 1.165) is 0 Å². The standard InChI is InChI=1S/C14H14N4O/c1-10(13-8-4-5-9-16-13)17-18-14(19)11-6-2-3-7-12(11)15/h2-9H,15H2,1H3,(H,18,19)/b17-10+. The van der Waals surface area contributed by atoms with Crippen LogP contribution >= 0.6 is 0 Å². The Balaban J connectivity index is 2.11. The molecule has 0 saturated heterocycles. The van der Waals surface area contributed by atoms with E-state index in [1.165, 1.54) is 0 Å². The van der Waals surface area contributed by atoms with Crippen LogP contribution in [0.1, 0.15) is 23.0 Å². The maximum Gasteiger partial charge on any atom is 0.273 e. The summed E-state index contributed by atoms with van der Waals surface area (Å²) >= 11 is 0. The van der Waals surface area contributed by atoms with Crippen LogP contribution < -0.4 is 11.2 Å². The summed E-state index contributed by atoms with van der Waals surface area (Å²) in [5, 5.41) is 4.01. The lowest BCUT2D eigenvalue weighted by Crippen LogP contribution is -2.20. The fraction of sp³-hybridized carbons (Fsp3) is 0.0714. The molecule has 0 spiro atoms. The van der Waals surface area contributed by atoms with Gasteiger partial charge in [0.2, 0.25) is 0 Å². The predicted molar refractivity (Wildman–Crippen MR) is 74.8 cm³/mol. The van der Waals surface area contributed by atoms with E-state index < -0.39 is 0 Å². The largest absolute Gasteiger partial charge is 0.398 e. The van der Waals surface area contributed by atoms with Gasteiger partial charge in [0, 0.05) is 11.9 Å². The Kier molecular flexibility index (Phi) is 3.87. The number of hydrogen-bond donors (Lipinski definition) is 2. The van der Waals surface area contributed by atoms with Crippen LogP contribution in [-0.2, 0) is 0 Å². The fourth-order valence-electron chi connectivity index (χ4n) is 1.53. The molecule has 0 radical (unpaired) electrons. The number of nitrogens with two attached hydrogens (primary N) is 1. The van der Waals surface area contributed by atoms with Gasteiger partial charge in [-0.2, -0.15) is 5.10 Å². The molecule has 5 nitrogen and oxygen atoms in total. The molecule has 1 aromatic carbocycles. The smallest absolute Gasteiger partial charge is 0.273 e. The van der Waals surface area contributed by atoms with Gasteiger partial charge in [0.05, 0.1) is 17.0 Å². The third-order valence-corrected chi connectivity index (χ3v) is 2.57. The Morgan fingerprint density at radius 3 is 2.63 bits per heavy atom. The van der Waals surface area contributed by atoms with Gasteiger partial charge in [-0.25, -0.2) is 5.43 Å². The number of hydrogen-bond acceptors (Lipinski definition) is 4. The van der Waals surface area contributed by atoms with Crippen LogP contribution in [0.15, 0.2) is 53.8 Å². The van der Waals surface area contributed by atoms with Gasteiger partial charge in [-0.1, -0.05) is 18.2 Å². The summed E-state index contributed by atoms with van der Waals surface area (Å²) in [4.78, 5) is 16.0. The maximum atomic E-state index is 11.9. The summed E-state index contributed by atoms with van der Waals surface area (Å²) in [5.74, 6) is -0.339. The van der Waals surface area contributed by atoms with Gasteiger partial charge in [0.1, 0.15) is 0 Å². The number of amides is 1. The summed E-state index contributed by atoms with van der Waals surface area (Å²) in [5.41, 5.74) is 10.3. The molecule has 1 amide bonds. The number of nitrogens with one attached hydrogen (secondary N) is 1. The molecule has 0 atom stereocenters. The van der Waals surface area contributed by atoms with Gasteiger partial charge in [0.15, 0.2) is 0 Å². The molecule has 0 bridgehead atoms. The average Bonchev–Trinajstić information content (AvgIpc) is 2.46. The van der Waals surface area contributed by atoms with Crippen LogP contribution in [0, 0.1) is 0 Å². The minimum Gasteiger partial charge on any atom is -0.398 e. The van der Waals surface area contributed by atoms with Gasteiger partial charge in [-0.15, -0.1) is 0 Å². The van der Waals surface area contributed by atoms with E-state index in [2.05, 4.69) is 15.5 Å². The number of anilines is 1. The van der Waals surface area contributed by atoms with Crippen molar-refractivity contribution in [1.82, 2.24) is 10.4 Å². The number of benzene rings is 1. The topological polar surface area (TPSA) is 80.4 Å². The van der Waals surface area contributed by atoms with E-state index >= 15 is 0 Å². The van der Waals surface area contributed by atoms with Crippen molar-refractivity contribution in [3.63, 3.8) is 0 Å². The van der Waals surface area contributed by atoms with Gasteiger partial charge in [-0.3, -0.25) is 9.78 Å². The zero-order valence-corrected chi connectivity index (χ0v) is 10.5. The second kappa shape index (κ2) is 5.77. The van der Waals surface area contributed by atoms with Crippen molar-refractivity contribution in [2.24, 2.45) is 5.10 Å². The lowest BCUT2D eigenvalue weighted by Gasteiger charge is -2.04. The van der Waals surface area contributed by atoms with Crippen molar-refractivity contribution in [2.45, 2.75) is 6.92 Å². The van der Waals surface area contributed by atoms with Gasteiger partial charge in [0.25, 0.3) is 5.91 Å². The molecule has 0 aliphatic heterocycles. The molecule has 3 N–H and O–H groups in total. The van der Waals surface area contributed by atoms with E-state index in [9.17, 15) is 4.79 Å². The highest BCUT2D eigenvalue weighted by atomic mass is 16.2. The highest BCUT2D eigenvalue weighted by molar-refractivity contribution is 6.01.